The maximum atomic E-state index is 12.9. The van der Waals surface area contributed by atoms with Crippen LogP contribution in [0.2, 0.25) is 5.02 Å². The predicted molar refractivity (Wildman–Crippen MR) is 95.6 cm³/mol. The van der Waals surface area contributed by atoms with Gasteiger partial charge in [0, 0.05) is 13.0 Å². The fourth-order valence-corrected chi connectivity index (χ4v) is 5.37. The van der Waals surface area contributed by atoms with Crippen molar-refractivity contribution >= 4 is 27.5 Å². The van der Waals surface area contributed by atoms with Gasteiger partial charge in [-0.05, 0) is 25.0 Å². The smallest absolute Gasteiger partial charge is 0.409 e. The summed E-state index contributed by atoms with van der Waals surface area (Å²) in [6.45, 7) is -0.963. The molecule has 7 nitrogen and oxygen atoms in total. The van der Waals surface area contributed by atoms with E-state index in [4.69, 9.17) is 21.6 Å². The zero-order valence-corrected chi connectivity index (χ0v) is 16.2. The summed E-state index contributed by atoms with van der Waals surface area (Å²) in [6, 6.07) is 7.83. The molecule has 152 valence electrons. The number of sulfone groups is 1. The van der Waals surface area contributed by atoms with Crippen LogP contribution < -0.4 is 5.32 Å². The molecule has 0 unspecified atom stereocenters. The highest BCUT2D eigenvalue weighted by atomic mass is 35.5. The Morgan fingerprint density at radius 1 is 1.43 bits per heavy atom. The first kappa shape index (κ1) is 20.8. The Morgan fingerprint density at radius 3 is 2.68 bits per heavy atom. The van der Waals surface area contributed by atoms with Crippen LogP contribution in [0.3, 0.4) is 0 Å². The van der Waals surface area contributed by atoms with Gasteiger partial charge in [-0.1, -0.05) is 23.7 Å². The molecular formula is C17H18ClF2N3O4S. The molecule has 11 heteroatoms. The maximum absolute atomic E-state index is 12.9. The number of nitrogens with one attached hydrogen (secondary N) is 1. The van der Waals surface area contributed by atoms with E-state index in [-0.39, 0.29) is 22.9 Å². The third-order valence-electron chi connectivity index (χ3n) is 4.81. The van der Waals surface area contributed by atoms with E-state index in [0.717, 1.165) is 4.90 Å². The number of likely N-dealkylation sites (tertiary alicyclic amines) is 1. The number of amides is 1. The number of ether oxygens (including phenoxy) is 1. The Kier molecular flexibility index (Phi) is 5.79. The Morgan fingerprint density at radius 2 is 2.11 bits per heavy atom. The standard InChI is InChI=1S/C17H18ClF2N3O4S/c18-12-3-1-2-4-13(12)28(25,26)11-7-15(23(8-11)9-14(19)20)27-16(24)22-17(10-21)5-6-17/h1-4,11,14-15H,5-9H2,(H,22,24)/t11-,15+/m1/s1. The third-order valence-corrected chi connectivity index (χ3v) is 7.44. The van der Waals surface area contributed by atoms with Gasteiger partial charge in [0.15, 0.2) is 16.1 Å². The van der Waals surface area contributed by atoms with Gasteiger partial charge >= 0.3 is 6.09 Å². The van der Waals surface area contributed by atoms with Crippen LogP contribution in [0.25, 0.3) is 0 Å². The lowest BCUT2D eigenvalue weighted by molar-refractivity contribution is -0.0166. The van der Waals surface area contributed by atoms with Crippen LogP contribution in [0.5, 0.6) is 0 Å². The summed E-state index contributed by atoms with van der Waals surface area (Å²) >= 11 is 5.99. The quantitative estimate of drug-likeness (QED) is 0.740. The van der Waals surface area contributed by atoms with Gasteiger partial charge in [0.05, 0.1) is 27.8 Å². The van der Waals surface area contributed by atoms with Crippen molar-refractivity contribution in [3.63, 3.8) is 0 Å². The molecule has 1 saturated heterocycles. The Hall–Kier alpha value is -1.96. The van der Waals surface area contributed by atoms with Crippen molar-refractivity contribution in [1.82, 2.24) is 10.2 Å². The van der Waals surface area contributed by atoms with E-state index in [1.807, 2.05) is 6.07 Å². The number of hydrogen-bond acceptors (Lipinski definition) is 6. The van der Waals surface area contributed by atoms with Crippen molar-refractivity contribution in [3.8, 4) is 6.07 Å². The summed E-state index contributed by atoms with van der Waals surface area (Å²) in [6.07, 6.45) is -4.02. The number of carbonyl (C=O) groups excluding carboxylic acids is 1. The lowest BCUT2D eigenvalue weighted by atomic mass is 10.3. The van der Waals surface area contributed by atoms with Crippen molar-refractivity contribution in [2.75, 3.05) is 13.1 Å². The van der Waals surface area contributed by atoms with Crippen molar-refractivity contribution in [2.45, 2.75) is 47.6 Å². The van der Waals surface area contributed by atoms with E-state index in [9.17, 15) is 22.0 Å². The number of nitriles is 1. The highest BCUT2D eigenvalue weighted by Crippen LogP contribution is 2.35. The summed E-state index contributed by atoms with van der Waals surface area (Å²) in [4.78, 5) is 13.1. The summed E-state index contributed by atoms with van der Waals surface area (Å²) in [5, 5.41) is 10.4. The zero-order chi connectivity index (χ0) is 20.5. The summed E-state index contributed by atoms with van der Waals surface area (Å²) < 4.78 is 56.9. The van der Waals surface area contributed by atoms with Crippen LogP contribution >= 0.6 is 11.6 Å². The minimum Gasteiger partial charge on any atom is -0.430 e. The molecule has 28 heavy (non-hydrogen) atoms. The Bertz CT molecular complexity index is 902. The van der Waals surface area contributed by atoms with Gasteiger partial charge < -0.3 is 10.1 Å². The lowest BCUT2D eigenvalue weighted by Crippen LogP contribution is -2.42. The molecule has 0 radical (unpaired) electrons. The molecule has 0 aromatic heterocycles. The van der Waals surface area contributed by atoms with Gasteiger partial charge in [-0.25, -0.2) is 22.0 Å². The molecule has 1 aliphatic heterocycles. The average molecular weight is 434 g/mol. The molecule has 1 heterocycles. The van der Waals surface area contributed by atoms with Gasteiger partial charge in [0.1, 0.15) is 5.54 Å². The number of carbonyl (C=O) groups is 1. The van der Waals surface area contributed by atoms with Gasteiger partial charge in [0.25, 0.3) is 6.43 Å². The van der Waals surface area contributed by atoms with Crippen LogP contribution in [0.15, 0.2) is 29.2 Å². The number of nitrogens with zero attached hydrogens (tertiary/aromatic N) is 2. The molecule has 2 fully saturated rings. The molecule has 1 saturated carbocycles. The van der Waals surface area contributed by atoms with E-state index < -0.39 is 45.9 Å². The first-order chi connectivity index (χ1) is 13.2. The van der Waals surface area contributed by atoms with Crippen molar-refractivity contribution in [3.05, 3.63) is 29.3 Å². The predicted octanol–water partition coefficient (Wildman–Crippen LogP) is 2.56. The molecule has 0 bridgehead atoms. The number of rotatable bonds is 6. The number of hydrogen-bond donors (Lipinski definition) is 1. The molecule has 1 N–H and O–H groups in total. The number of alkyl halides is 2. The van der Waals surface area contributed by atoms with Crippen LogP contribution in [0.4, 0.5) is 13.6 Å². The molecule has 2 aliphatic rings. The van der Waals surface area contributed by atoms with E-state index in [0.29, 0.717) is 12.8 Å². The van der Waals surface area contributed by atoms with Gasteiger partial charge in [-0.2, -0.15) is 5.26 Å². The van der Waals surface area contributed by atoms with Crippen LogP contribution in [-0.4, -0.2) is 55.9 Å². The summed E-state index contributed by atoms with van der Waals surface area (Å²) in [5.74, 6) is 0. The van der Waals surface area contributed by atoms with Crippen LogP contribution in [0, 0.1) is 11.3 Å². The second-order valence-electron chi connectivity index (χ2n) is 6.86. The molecular weight excluding hydrogens is 416 g/mol. The summed E-state index contributed by atoms with van der Waals surface area (Å²) in [5.41, 5.74) is -0.980. The van der Waals surface area contributed by atoms with Crippen LogP contribution in [-0.2, 0) is 14.6 Å². The van der Waals surface area contributed by atoms with E-state index >= 15 is 0 Å². The van der Waals surface area contributed by atoms with Crippen LogP contribution in [0.1, 0.15) is 19.3 Å². The van der Waals surface area contributed by atoms with Gasteiger partial charge in [-0.3, -0.25) is 4.90 Å². The van der Waals surface area contributed by atoms with Gasteiger partial charge in [-0.15, -0.1) is 0 Å². The average Bonchev–Trinajstić information content (AvgIpc) is 3.28. The molecule has 1 aromatic rings. The van der Waals surface area contributed by atoms with E-state index in [2.05, 4.69) is 5.32 Å². The normalized spacial score (nSPS) is 24.0. The van der Waals surface area contributed by atoms with Crippen molar-refractivity contribution in [2.24, 2.45) is 0 Å². The maximum Gasteiger partial charge on any atom is 0.409 e. The second-order valence-corrected chi connectivity index (χ2v) is 9.46. The fourth-order valence-electron chi connectivity index (χ4n) is 3.14. The number of halogens is 3. The molecule has 0 spiro atoms. The summed E-state index contributed by atoms with van der Waals surface area (Å²) in [7, 11) is -3.92. The fraction of sp³-hybridized carbons (Fsp3) is 0.529. The van der Waals surface area contributed by atoms with Crippen molar-refractivity contribution in [1.29, 1.82) is 5.26 Å². The molecule has 1 amide bonds. The second kappa shape index (κ2) is 7.81. The first-order valence-corrected chi connectivity index (χ1v) is 10.5. The first-order valence-electron chi connectivity index (χ1n) is 8.57. The van der Waals surface area contributed by atoms with E-state index in [1.165, 1.54) is 18.2 Å². The van der Waals surface area contributed by atoms with Gasteiger partial charge in [0.2, 0.25) is 0 Å². The number of alkyl carbamates (subject to hydrolysis) is 1. The SMILES string of the molecule is N#CC1(NC(=O)O[C@H]2C[C@@H](S(=O)(=O)c3ccccc3Cl)CN2CC(F)F)CC1. The monoisotopic (exact) mass is 433 g/mol. The highest BCUT2D eigenvalue weighted by molar-refractivity contribution is 7.92. The molecule has 1 aromatic carbocycles. The minimum atomic E-state index is -3.92. The Balaban J connectivity index is 1.76. The highest BCUT2D eigenvalue weighted by Gasteiger charge is 2.47. The molecule has 3 rings (SSSR count). The topological polar surface area (TPSA) is 99.5 Å². The Labute approximate surface area is 166 Å². The molecule has 2 atom stereocenters. The third kappa shape index (κ3) is 4.37. The number of benzene rings is 1. The minimum absolute atomic E-state index is 0.0368. The van der Waals surface area contributed by atoms with E-state index in [1.54, 1.807) is 6.07 Å². The van der Waals surface area contributed by atoms with Crippen molar-refractivity contribution < 1.29 is 26.7 Å². The molecule has 1 aliphatic carbocycles. The largest absolute Gasteiger partial charge is 0.430 e. The zero-order valence-electron chi connectivity index (χ0n) is 14.6. The lowest BCUT2D eigenvalue weighted by Gasteiger charge is -2.24.